The van der Waals surface area contributed by atoms with Crippen LogP contribution in [0, 0.1) is 0 Å². The summed E-state index contributed by atoms with van der Waals surface area (Å²) in [6.07, 6.45) is 0. The Balaban J connectivity index is 2.11. The van der Waals surface area contributed by atoms with Crippen molar-refractivity contribution in [3.8, 4) is 11.5 Å². The van der Waals surface area contributed by atoms with E-state index in [0.29, 0.717) is 24.6 Å². The average molecular weight is 398 g/mol. The van der Waals surface area contributed by atoms with Gasteiger partial charge in [0.1, 0.15) is 11.5 Å². The molecule has 0 atom stereocenters. The summed E-state index contributed by atoms with van der Waals surface area (Å²) in [5.74, 6) is 0.615. The second-order valence-electron chi connectivity index (χ2n) is 4.85. The smallest absolute Gasteiger partial charge is 0.120 e. The summed E-state index contributed by atoms with van der Waals surface area (Å²) in [4.78, 5) is 2.19. The third-order valence-electron chi connectivity index (χ3n) is 3.29. The van der Waals surface area contributed by atoms with Gasteiger partial charge in [0.25, 0.3) is 0 Å². The Hall–Kier alpha value is -1.31. The fourth-order valence-electron chi connectivity index (χ4n) is 2.19. The van der Waals surface area contributed by atoms with Crippen LogP contribution in [0.5, 0.6) is 11.5 Å². The van der Waals surface area contributed by atoms with E-state index < -0.39 is 0 Å². The van der Waals surface area contributed by atoms with Crippen molar-refractivity contribution < 1.29 is 10.2 Å². The van der Waals surface area contributed by atoms with Crippen molar-refractivity contribution in [1.29, 1.82) is 0 Å². The number of benzene rings is 2. The molecular formula is C16H19IN2O2. The average Bonchev–Trinajstić information content (AvgIpc) is 2.49. The molecule has 21 heavy (non-hydrogen) atoms. The Labute approximate surface area is 138 Å². The standard InChI is InChI=1S/C16H19IN2O2/c17-18-9-10-19(11-13-5-1-3-7-15(13)20)12-14-6-2-4-8-16(14)21/h1-8,18,20-21H,9-12H2. The second-order valence-corrected chi connectivity index (χ2v) is 5.61. The van der Waals surface area contributed by atoms with Gasteiger partial charge >= 0.3 is 0 Å². The highest BCUT2D eigenvalue weighted by atomic mass is 127. The van der Waals surface area contributed by atoms with Gasteiger partial charge in [0, 0.05) is 60.2 Å². The minimum atomic E-state index is 0.308. The molecule has 5 heteroatoms. The maximum absolute atomic E-state index is 9.91. The van der Waals surface area contributed by atoms with E-state index in [4.69, 9.17) is 0 Å². The number of hydrogen-bond acceptors (Lipinski definition) is 4. The predicted molar refractivity (Wildman–Crippen MR) is 92.4 cm³/mol. The topological polar surface area (TPSA) is 55.7 Å². The van der Waals surface area contributed by atoms with E-state index in [1.54, 1.807) is 12.1 Å². The molecule has 3 N–H and O–H groups in total. The molecule has 0 aliphatic carbocycles. The number of aromatic hydroxyl groups is 2. The number of phenolic OH excluding ortho intramolecular Hbond substituents is 2. The van der Waals surface area contributed by atoms with Crippen molar-refractivity contribution in [2.45, 2.75) is 13.1 Å². The quantitative estimate of drug-likeness (QED) is 0.496. The van der Waals surface area contributed by atoms with Crippen LogP contribution in [-0.2, 0) is 13.1 Å². The van der Waals surface area contributed by atoms with Crippen molar-refractivity contribution in [2.24, 2.45) is 0 Å². The lowest BCUT2D eigenvalue weighted by Crippen LogP contribution is -2.28. The van der Waals surface area contributed by atoms with Gasteiger partial charge in [-0.3, -0.25) is 8.43 Å². The molecule has 0 saturated heterocycles. The van der Waals surface area contributed by atoms with E-state index in [-0.39, 0.29) is 0 Å². The fourth-order valence-corrected chi connectivity index (χ4v) is 2.43. The Bertz CT molecular complexity index is 530. The molecule has 0 unspecified atom stereocenters. The molecular weight excluding hydrogens is 379 g/mol. The molecule has 2 rings (SSSR count). The Morgan fingerprint density at radius 1 is 0.857 bits per heavy atom. The molecule has 0 radical (unpaired) electrons. The maximum Gasteiger partial charge on any atom is 0.120 e. The van der Waals surface area contributed by atoms with Crippen LogP contribution in [0.15, 0.2) is 48.5 Å². The number of phenols is 2. The highest BCUT2D eigenvalue weighted by Crippen LogP contribution is 2.22. The third-order valence-corrected chi connectivity index (χ3v) is 3.83. The van der Waals surface area contributed by atoms with Crippen LogP contribution >= 0.6 is 22.9 Å². The van der Waals surface area contributed by atoms with Gasteiger partial charge in [0.05, 0.1) is 0 Å². The van der Waals surface area contributed by atoms with Crippen molar-refractivity contribution in [1.82, 2.24) is 8.43 Å². The van der Waals surface area contributed by atoms with E-state index in [1.807, 2.05) is 36.4 Å². The predicted octanol–water partition coefficient (Wildman–Crippen LogP) is 3.04. The highest BCUT2D eigenvalue weighted by molar-refractivity contribution is 14.1. The van der Waals surface area contributed by atoms with E-state index >= 15 is 0 Å². The maximum atomic E-state index is 9.91. The van der Waals surface area contributed by atoms with E-state index in [9.17, 15) is 10.2 Å². The summed E-state index contributed by atoms with van der Waals surface area (Å²) >= 11 is 2.12. The first-order valence-corrected chi connectivity index (χ1v) is 7.88. The number of nitrogens with zero attached hydrogens (tertiary/aromatic N) is 1. The molecule has 0 amide bonds. The van der Waals surface area contributed by atoms with E-state index in [2.05, 4.69) is 31.3 Å². The number of para-hydroxylation sites is 2. The fraction of sp³-hybridized carbons (Fsp3) is 0.250. The Morgan fingerprint density at radius 3 is 1.76 bits per heavy atom. The third kappa shape index (κ3) is 4.87. The van der Waals surface area contributed by atoms with Crippen molar-refractivity contribution in [2.75, 3.05) is 13.1 Å². The van der Waals surface area contributed by atoms with Crippen LogP contribution in [0.3, 0.4) is 0 Å². The molecule has 0 saturated carbocycles. The molecule has 0 aliphatic rings. The van der Waals surface area contributed by atoms with E-state index in [1.165, 1.54) is 0 Å². The van der Waals surface area contributed by atoms with Crippen molar-refractivity contribution >= 4 is 22.9 Å². The van der Waals surface area contributed by atoms with Crippen LogP contribution in [0.1, 0.15) is 11.1 Å². The summed E-state index contributed by atoms with van der Waals surface area (Å²) in [5, 5.41) is 19.8. The van der Waals surface area contributed by atoms with Crippen LogP contribution < -0.4 is 3.53 Å². The van der Waals surface area contributed by atoms with Crippen molar-refractivity contribution in [3.63, 3.8) is 0 Å². The molecule has 112 valence electrons. The molecule has 0 aromatic heterocycles. The zero-order chi connectivity index (χ0) is 15.1. The lowest BCUT2D eigenvalue weighted by molar-refractivity contribution is 0.255. The van der Waals surface area contributed by atoms with Crippen LogP contribution in [-0.4, -0.2) is 28.2 Å². The summed E-state index contributed by atoms with van der Waals surface area (Å²) in [5.41, 5.74) is 1.78. The van der Waals surface area contributed by atoms with Crippen LogP contribution in [0.4, 0.5) is 0 Å². The Morgan fingerprint density at radius 2 is 1.33 bits per heavy atom. The molecule has 2 aromatic carbocycles. The molecule has 0 fully saturated rings. The van der Waals surface area contributed by atoms with Gasteiger partial charge in [0.15, 0.2) is 0 Å². The molecule has 0 bridgehead atoms. The molecule has 4 nitrogen and oxygen atoms in total. The zero-order valence-electron chi connectivity index (χ0n) is 11.7. The summed E-state index contributed by atoms with van der Waals surface area (Å²) < 4.78 is 3.10. The number of rotatable bonds is 7. The monoisotopic (exact) mass is 398 g/mol. The minimum Gasteiger partial charge on any atom is -0.508 e. The van der Waals surface area contributed by atoms with Gasteiger partial charge in [-0.25, -0.2) is 0 Å². The van der Waals surface area contributed by atoms with Gasteiger partial charge in [0.2, 0.25) is 0 Å². The van der Waals surface area contributed by atoms with Gasteiger partial charge in [-0.05, 0) is 12.1 Å². The molecule has 2 aromatic rings. The first-order chi connectivity index (χ1) is 10.2. The SMILES string of the molecule is Oc1ccccc1CN(CCNI)Cc1ccccc1O. The van der Waals surface area contributed by atoms with Crippen LogP contribution in [0.25, 0.3) is 0 Å². The molecule has 0 spiro atoms. The normalized spacial score (nSPS) is 11.0. The Kier molecular flexibility index (Phi) is 6.28. The van der Waals surface area contributed by atoms with Gasteiger partial charge in [-0.1, -0.05) is 36.4 Å². The van der Waals surface area contributed by atoms with Crippen LogP contribution in [0.2, 0.25) is 0 Å². The second kappa shape index (κ2) is 8.21. The summed E-state index contributed by atoms with van der Waals surface area (Å²) in [7, 11) is 0. The number of hydrogen-bond donors (Lipinski definition) is 3. The van der Waals surface area contributed by atoms with E-state index in [0.717, 1.165) is 24.2 Å². The zero-order valence-corrected chi connectivity index (χ0v) is 13.8. The minimum absolute atomic E-state index is 0.308. The summed E-state index contributed by atoms with van der Waals surface area (Å²) in [6.45, 7) is 2.94. The van der Waals surface area contributed by atoms with Crippen molar-refractivity contribution in [3.05, 3.63) is 59.7 Å². The molecule has 0 heterocycles. The van der Waals surface area contributed by atoms with Gasteiger partial charge in [-0.15, -0.1) is 0 Å². The number of halogens is 1. The highest BCUT2D eigenvalue weighted by Gasteiger charge is 2.11. The first kappa shape index (κ1) is 16.1. The van der Waals surface area contributed by atoms with Gasteiger partial charge < -0.3 is 10.2 Å². The van der Waals surface area contributed by atoms with Gasteiger partial charge in [-0.2, -0.15) is 0 Å². The first-order valence-electron chi connectivity index (χ1n) is 6.80. The molecule has 0 aliphatic heterocycles. The number of nitrogens with one attached hydrogen (secondary N) is 1. The lowest BCUT2D eigenvalue weighted by Gasteiger charge is -2.23. The lowest BCUT2D eigenvalue weighted by atomic mass is 10.1. The summed E-state index contributed by atoms with van der Waals surface area (Å²) in [6, 6.07) is 14.7. The largest absolute Gasteiger partial charge is 0.508 e.